The maximum absolute atomic E-state index is 13.3. The number of ether oxygens (including phenoxy) is 1. The first kappa shape index (κ1) is 19.0. The van der Waals surface area contributed by atoms with E-state index in [4.69, 9.17) is 4.74 Å². The fourth-order valence-electron chi connectivity index (χ4n) is 3.64. The summed E-state index contributed by atoms with van der Waals surface area (Å²) in [6.07, 6.45) is 0.858. The zero-order chi connectivity index (χ0) is 19.1. The number of piperidine rings is 1. The topological polar surface area (TPSA) is 58.6 Å². The molecule has 2 aromatic rings. The van der Waals surface area contributed by atoms with Gasteiger partial charge in [0.15, 0.2) is 0 Å². The van der Waals surface area contributed by atoms with Crippen molar-refractivity contribution in [2.75, 3.05) is 19.7 Å². The Labute approximate surface area is 160 Å². The van der Waals surface area contributed by atoms with Crippen LogP contribution in [0.3, 0.4) is 0 Å². The Kier molecular flexibility index (Phi) is 6.12. The number of likely N-dealkylation sites (tertiary alicyclic amines) is 1. The molecule has 1 saturated heterocycles. The Bertz CT molecular complexity index is 754. The fraction of sp³-hybridized carbons (Fsp3) is 0.364. The first-order chi connectivity index (χ1) is 13.2. The highest BCUT2D eigenvalue weighted by molar-refractivity contribution is 5.88. The molecule has 2 aromatic carbocycles. The summed E-state index contributed by atoms with van der Waals surface area (Å²) in [6.45, 7) is 3.67. The molecule has 0 aliphatic carbocycles. The van der Waals surface area contributed by atoms with Gasteiger partial charge in [-0.05, 0) is 30.9 Å². The van der Waals surface area contributed by atoms with Crippen molar-refractivity contribution in [3.8, 4) is 0 Å². The van der Waals surface area contributed by atoms with Crippen LogP contribution < -0.4 is 5.32 Å². The molecule has 0 bridgehead atoms. The summed E-state index contributed by atoms with van der Waals surface area (Å²) < 4.78 is 5.11. The predicted molar refractivity (Wildman–Crippen MR) is 104 cm³/mol. The highest BCUT2D eigenvalue weighted by Crippen LogP contribution is 2.36. The van der Waals surface area contributed by atoms with Crippen LogP contribution in [0.15, 0.2) is 60.7 Å². The number of hydrogen-bond acceptors (Lipinski definition) is 3. The summed E-state index contributed by atoms with van der Waals surface area (Å²) in [5.41, 5.74) is 1.44. The lowest BCUT2D eigenvalue weighted by molar-refractivity contribution is -0.128. The number of rotatable bonds is 5. The van der Waals surface area contributed by atoms with E-state index >= 15 is 0 Å². The van der Waals surface area contributed by atoms with E-state index in [1.165, 1.54) is 0 Å². The lowest BCUT2D eigenvalue weighted by atomic mass is 9.72. The SMILES string of the molecule is CCOC(=O)N1CCC(C(=O)NCc2ccccc2)(c2ccccc2)CC1. The number of amides is 2. The zero-order valence-electron chi connectivity index (χ0n) is 15.7. The summed E-state index contributed by atoms with van der Waals surface area (Å²) in [5, 5.41) is 3.10. The highest BCUT2D eigenvalue weighted by atomic mass is 16.6. The summed E-state index contributed by atoms with van der Waals surface area (Å²) in [4.78, 5) is 27.0. The first-order valence-electron chi connectivity index (χ1n) is 9.45. The van der Waals surface area contributed by atoms with E-state index in [1.54, 1.807) is 11.8 Å². The molecule has 0 spiro atoms. The smallest absolute Gasteiger partial charge is 0.409 e. The molecule has 0 radical (unpaired) electrons. The first-order valence-corrected chi connectivity index (χ1v) is 9.45. The maximum Gasteiger partial charge on any atom is 0.409 e. The number of hydrogen-bond donors (Lipinski definition) is 1. The fourth-order valence-corrected chi connectivity index (χ4v) is 3.64. The van der Waals surface area contributed by atoms with Crippen molar-refractivity contribution in [2.45, 2.75) is 31.7 Å². The van der Waals surface area contributed by atoms with Crippen molar-refractivity contribution < 1.29 is 14.3 Å². The van der Waals surface area contributed by atoms with Crippen LogP contribution in [-0.2, 0) is 21.5 Å². The van der Waals surface area contributed by atoms with Crippen LogP contribution in [0.25, 0.3) is 0 Å². The van der Waals surface area contributed by atoms with Gasteiger partial charge in [-0.25, -0.2) is 4.79 Å². The second-order valence-electron chi connectivity index (χ2n) is 6.80. The van der Waals surface area contributed by atoms with Crippen LogP contribution in [0.5, 0.6) is 0 Å². The van der Waals surface area contributed by atoms with Crippen LogP contribution in [0.1, 0.15) is 30.9 Å². The van der Waals surface area contributed by atoms with Crippen molar-refractivity contribution in [1.29, 1.82) is 0 Å². The van der Waals surface area contributed by atoms with Gasteiger partial charge < -0.3 is 15.0 Å². The van der Waals surface area contributed by atoms with E-state index in [0.29, 0.717) is 39.1 Å². The molecular weight excluding hydrogens is 340 g/mol. The van der Waals surface area contributed by atoms with Gasteiger partial charge >= 0.3 is 6.09 Å². The van der Waals surface area contributed by atoms with Crippen LogP contribution >= 0.6 is 0 Å². The van der Waals surface area contributed by atoms with E-state index in [9.17, 15) is 9.59 Å². The van der Waals surface area contributed by atoms with E-state index in [2.05, 4.69) is 5.32 Å². The minimum Gasteiger partial charge on any atom is -0.450 e. The van der Waals surface area contributed by atoms with Gasteiger partial charge in [-0.1, -0.05) is 60.7 Å². The molecule has 0 aromatic heterocycles. The third-order valence-electron chi connectivity index (χ3n) is 5.20. The molecule has 27 heavy (non-hydrogen) atoms. The molecule has 0 saturated carbocycles. The maximum atomic E-state index is 13.3. The average molecular weight is 366 g/mol. The van der Waals surface area contributed by atoms with E-state index in [1.807, 2.05) is 60.7 Å². The second-order valence-corrected chi connectivity index (χ2v) is 6.80. The lowest BCUT2D eigenvalue weighted by Gasteiger charge is -2.40. The number of nitrogens with one attached hydrogen (secondary N) is 1. The van der Waals surface area contributed by atoms with Crippen LogP contribution in [-0.4, -0.2) is 36.6 Å². The minimum absolute atomic E-state index is 0.0149. The number of carbonyl (C=O) groups excluding carboxylic acids is 2. The molecule has 0 atom stereocenters. The summed E-state index contributed by atoms with van der Waals surface area (Å²) in [7, 11) is 0. The molecule has 0 unspecified atom stereocenters. The van der Waals surface area contributed by atoms with Crippen LogP contribution in [0.2, 0.25) is 0 Å². The molecule has 5 heteroatoms. The molecule has 142 valence electrons. The van der Waals surface area contributed by atoms with E-state index < -0.39 is 5.41 Å². The number of carbonyl (C=O) groups is 2. The molecule has 2 amide bonds. The normalized spacial score (nSPS) is 15.8. The molecule has 1 aliphatic rings. The molecule has 1 N–H and O–H groups in total. The number of nitrogens with zero attached hydrogens (tertiary/aromatic N) is 1. The van der Waals surface area contributed by atoms with Gasteiger partial charge in [-0.2, -0.15) is 0 Å². The molecule has 3 rings (SSSR count). The Morgan fingerprint density at radius 2 is 1.59 bits per heavy atom. The third-order valence-corrected chi connectivity index (χ3v) is 5.20. The van der Waals surface area contributed by atoms with Gasteiger partial charge in [0.1, 0.15) is 0 Å². The monoisotopic (exact) mass is 366 g/mol. The van der Waals surface area contributed by atoms with Gasteiger partial charge in [-0.3, -0.25) is 4.79 Å². The molecule has 1 fully saturated rings. The molecular formula is C22H26N2O3. The average Bonchev–Trinajstić information content (AvgIpc) is 2.73. The Balaban J connectivity index is 1.76. The Morgan fingerprint density at radius 1 is 1.00 bits per heavy atom. The van der Waals surface area contributed by atoms with Crippen LogP contribution in [0, 0.1) is 0 Å². The van der Waals surface area contributed by atoms with E-state index in [0.717, 1.165) is 11.1 Å². The van der Waals surface area contributed by atoms with Crippen molar-refractivity contribution in [1.82, 2.24) is 10.2 Å². The molecule has 1 aliphatic heterocycles. The third kappa shape index (κ3) is 4.30. The molecule has 1 heterocycles. The van der Waals surface area contributed by atoms with Gasteiger partial charge in [0.25, 0.3) is 0 Å². The second kappa shape index (κ2) is 8.71. The van der Waals surface area contributed by atoms with Gasteiger partial charge in [0.2, 0.25) is 5.91 Å². The van der Waals surface area contributed by atoms with Gasteiger partial charge in [0, 0.05) is 19.6 Å². The Hall–Kier alpha value is -2.82. The Morgan fingerprint density at radius 3 is 2.19 bits per heavy atom. The number of benzene rings is 2. The minimum atomic E-state index is -0.626. The van der Waals surface area contributed by atoms with E-state index in [-0.39, 0.29) is 12.0 Å². The predicted octanol–water partition coefficient (Wildman–Crippen LogP) is 3.49. The van der Waals surface area contributed by atoms with Gasteiger partial charge in [0.05, 0.1) is 12.0 Å². The van der Waals surface area contributed by atoms with Gasteiger partial charge in [-0.15, -0.1) is 0 Å². The standard InChI is InChI=1S/C22H26N2O3/c1-2-27-21(26)24-15-13-22(14-16-24,19-11-7-4-8-12-19)20(25)23-17-18-9-5-3-6-10-18/h3-12H,2,13-17H2,1H3,(H,23,25). The highest BCUT2D eigenvalue weighted by Gasteiger charge is 2.43. The lowest BCUT2D eigenvalue weighted by Crippen LogP contribution is -2.52. The summed E-state index contributed by atoms with van der Waals surface area (Å²) in [6, 6.07) is 19.8. The molecule has 5 nitrogen and oxygen atoms in total. The van der Waals surface area contributed by atoms with Crippen LogP contribution in [0.4, 0.5) is 4.79 Å². The van der Waals surface area contributed by atoms with Crippen molar-refractivity contribution in [2.24, 2.45) is 0 Å². The largest absolute Gasteiger partial charge is 0.450 e. The van der Waals surface area contributed by atoms with Crippen molar-refractivity contribution in [3.05, 3.63) is 71.8 Å². The van der Waals surface area contributed by atoms with Crippen molar-refractivity contribution >= 4 is 12.0 Å². The summed E-state index contributed by atoms with van der Waals surface area (Å²) >= 11 is 0. The quantitative estimate of drug-likeness (QED) is 0.881. The van der Waals surface area contributed by atoms with Crippen molar-refractivity contribution in [3.63, 3.8) is 0 Å². The zero-order valence-corrected chi connectivity index (χ0v) is 15.7. The summed E-state index contributed by atoms with van der Waals surface area (Å²) in [5.74, 6) is 0.0149.